The zero-order valence-electron chi connectivity index (χ0n) is 14.3. The molecule has 0 heterocycles. The minimum Gasteiger partial charge on any atom is -0.494 e. The van der Waals surface area contributed by atoms with Gasteiger partial charge in [0.2, 0.25) is 10.0 Å². The van der Waals surface area contributed by atoms with Crippen LogP contribution in [0.25, 0.3) is 0 Å². The average Bonchev–Trinajstić information content (AvgIpc) is 2.53. The van der Waals surface area contributed by atoms with Crippen molar-refractivity contribution < 1.29 is 23.2 Å². The Morgan fingerprint density at radius 3 is 2.38 bits per heavy atom. The molecule has 0 aliphatic heterocycles. The number of sulfonamides is 1. The van der Waals surface area contributed by atoms with Gasteiger partial charge in [-0.1, -0.05) is 27.2 Å². The van der Waals surface area contributed by atoms with Gasteiger partial charge in [0, 0.05) is 0 Å². The number of amides is 1. The van der Waals surface area contributed by atoms with Crippen molar-refractivity contribution in [1.82, 2.24) is 10.2 Å². The number of nitrogens with one attached hydrogen (secondary N) is 2. The summed E-state index contributed by atoms with van der Waals surface area (Å²) in [6.45, 7) is 6.34. The molecule has 0 radical (unpaired) electrons. The standard InChI is InChI=1S/C16H26N2O5S/c1-4-5-10-23-13-6-8-14(9-7-13)24(21,22)18-15(11-12(2)3)16(19)17-20/h6-9,12,15,18,20H,4-5,10-11H2,1-3H3,(H,17,19). The van der Waals surface area contributed by atoms with Gasteiger partial charge in [-0.25, -0.2) is 13.9 Å². The van der Waals surface area contributed by atoms with E-state index in [9.17, 15) is 13.2 Å². The molecule has 0 fully saturated rings. The van der Waals surface area contributed by atoms with Crippen molar-refractivity contribution in [2.45, 2.75) is 51.0 Å². The molecule has 1 aromatic rings. The normalized spacial score (nSPS) is 12.9. The molecule has 1 aromatic carbocycles. The first-order valence-electron chi connectivity index (χ1n) is 7.99. The van der Waals surface area contributed by atoms with E-state index in [4.69, 9.17) is 9.94 Å². The highest BCUT2D eigenvalue weighted by atomic mass is 32.2. The number of hydroxylamine groups is 1. The molecule has 24 heavy (non-hydrogen) atoms. The Morgan fingerprint density at radius 2 is 1.88 bits per heavy atom. The van der Waals surface area contributed by atoms with Crippen LogP contribution in [0.3, 0.4) is 0 Å². The minimum atomic E-state index is -3.88. The van der Waals surface area contributed by atoms with Crippen LogP contribution in [0.5, 0.6) is 5.75 Å². The third-order valence-electron chi connectivity index (χ3n) is 3.33. The first kappa shape index (κ1) is 20.4. The molecule has 0 aromatic heterocycles. The maximum Gasteiger partial charge on any atom is 0.261 e. The lowest BCUT2D eigenvalue weighted by atomic mass is 10.0. The molecule has 0 saturated carbocycles. The number of ether oxygens (including phenoxy) is 1. The molecule has 136 valence electrons. The molecular weight excluding hydrogens is 332 g/mol. The predicted octanol–water partition coefficient (Wildman–Crippen LogP) is 2.06. The van der Waals surface area contributed by atoms with Crippen LogP contribution in [0.4, 0.5) is 0 Å². The van der Waals surface area contributed by atoms with E-state index in [1.54, 1.807) is 12.1 Å². The first-order valence-corrected chi connectivity index (χ1v) is 9.47. The molecule has 8 heteroatoms. The number of benzene rings is 1. The summed E-state index contributed by atoms with van der Waals surface area (Å²) in [5.41, 5.74) is 1.50. The van der Waals surface area contributed by atoms with Crippen molar-refractivity contribution >= 4 is 15.9 Å². The summed E-state index contributed by atoms with van der Waals surface area (Å²) in [5.74, 6) is -0.120. The molecule has 0 spiro atoms. The van der Waals surface area contributed by atoms with Crippen molar-refractivity contribution in [3.63, 3.8) is 0 Å². The van der Waals surface area contributed by atoms with Gasteiger partial charge >= 0.3 is 0 Å². The third-order valence-corrected chi connectivity index (χ3v) is 4.82. The lowest BCUT2D eigenvalue weighted by molar-refractivity contribution is -0.131. The van der Waals surface area contributed by atoms with Crippen molar-refractivity contribution in [2.75, 3.05) is 6.61 Å². The fraction of sp³-hybridized carbons (Fsp3) is 0.562. The van der Waals surface area contributed by atoms with Crippen LogP contribution in [0.15, 0.2) is 29.2 Å². The quantitative estimate of drug-likeness (QED) is 0.337. The van der Waals surface area contributed by atoms with Gasteiger partial charge in [-0.05, 0) is 43.0 Å². The highest BCUT2D eigenvalue weighted by Gasteiger charge is 2.26. The topological polar surface area (TPSA) is 105 Å². The Labute approximate surface area is 143 Å². The van der Waals surface area contributed by atoms with Crippen LogP contribution in [0, 0.1) is 5.92 Å². The van der Waals surface area contributed by atoms with E-state index in [1.165, 1.54) is 17.6 Å². The number of unbranched alkanes of at least 4 members (excludes halogenated alkanes) is 1. The highest BCUT2D eigenvalue weighted by Crippen LogP contribution is 2.17. The molecule has 0 saturated heterocycles. The average molecular weight is 358 g/mol. The van der Waals surface area contributed by atoms with E-state index in [0.717, 1.165) is 12.8 Å². The summed E-state index contributed by atoms with van der Waals surface area (Å²) in [5, 5.41) is 8.77. The zero-order chi connectivity index (χ0) is 18.2. The van der Waals surface area contributed by atoms with E-state index in [2.05, 4.69) is 11.6 Å². The summed E-state index contributed by atoms with van der Waals surface area (Å²) in [6, 6.07) is 4.96. The second-order valence-electron chi connectivity index (χ2n) is 5.95. The van der Waals surface area contributed by atoms with Gasteiger partial charge in [-0.15, -0.1) is 0 Å². The van der Waals surface area contributed by atoms with E-state index < -0.39 is 22.0 Å². The molecule has 1 unspecified atom stereocenters. The van der Waals surface area contributed by atoms with Gasteiger partial charge in [0.25, 0.3) is 5.91 Å². The van der Waals surface area contributed by atoms with E-state index >= 15 is 0 Å². The molecule has 0 bridgehead atoms. The maximum absolute atomic E-state index is 12.4. The largest absolute Gasteiger partial charge is 0.494 e. The number of rotatable bonds is 10. The number of carbonyl (C=O) groups excluding carboxylic acids is 1. The van der Waals surface area contributed by atoms with E-state index in [1.807, 2.05) is 13.8 Å². The second kappa shape index (κ2) is 9.61. The Morgan fingerprint density at radius 1 is 1.25 bits per heavy atom. The lowest BCUT2D eigenvalue weighted by Crippen LogP contribution is -2.46. The smallest absolute Gasteiger partial charge is 0.261 e. The van der Waals surface area contributed by atoms with Crippen LogP contribution < -0.4 is 14.9 Å². The Hall–Kier alpha value is -1.64. The number of hydrogen-bond donors (Lipinski definition) is 3. The van der Waals surface area contributed by atoms with Gasteiger partial charge < -0.3 is 4.74 Å². The van der Waals surface area contributed by atoms with Crippen LogP contribution in [-0.2, 0) is 14.8 Å². The fourth-order valence-corrected chi connectivity index (χ4v) is 3.27. The SMILES string of the molecule is CCCCOc1ccc(S(=O)(=O)NC(CC(C)C)C(=O)NO)cc1. The summed E-state index contributed by atoms with van der Waals surface area (Å²) < 4.78 is 32.6. The van der Waals surface area contributed by atoms with Crippen LogP contribution in [0.1, 0.15) is 40.0 Å². The summed E-state index contributed by atoms with van der Waals surface area (Å²) in [4.78, 5) is 11.7. The zero-order valence-corrected chi connectivity index (χ0v) is 15.1. The van der Waals surface area contributed by atoms with Crippen molar-refractivity contribution in [3.8, 4) is 5.75 Å². The summed E-state index contributed by atoms with van der Waals surface area (Å²) in [6.07, 6.45) is 2.21. The second-order valence-corrected chi connectivity index (χ2v) is 7.67. The van der Waals surface area contributed by atoms with Crippen LogP contribution in [-0.4, -0.2) is 32.2 Å². The van der Waals surface area contributed by atoms with Gasteiger partial charge in [0.15, 0.2) is 0 Å². The Bertz CT molecular complexity index is 614. The predicted molar refractivity (Wildman–Crippen MR) is 90.3 cm³/mol. The molecule has 0 aliphatic rings. The molecular formula is C16H26N2O5S. The van der Waals surface area contributed by atoms with E-state index in [0.29, 0.717) is 12.4 Å². The van der Waals surface area contributed by atoms with Gasteiger partial charge in [-0.3, -0.25) is 10.0 Å². The molecule has 3 N–H and O–H groups in total. The van der Waals surface area contributed by atoms with Gasteiger partial charge in [0.05, 0.1) is 11.5 Å². The third kappa shape index (κ3) is 6.46. The fourth-order valence-electron chi connectivity index (χ4n) is 2.06. The molecule has 7 nitrogen and oxygen atoms in total. The lowest BCUT2D eigenvalue weighted by Gasteiger charge is -2.18. The van der Waals surface area contributed by atoms with Gasteiger partial charge in [-0.2, -0.15) is 4.72 Å². The first-order chi connectivity index (χ1) is 11.3. The monoisotopic (exact) mass is 358 g/mol. The van der Waals surface area contributed by atoms with Gasteiger partial charge in [0.1, 0.15) is 11.8 Å². The maximum atomic E-state index is 12.4. The van der Waals surface area contributed by atoms with Crippen molar-refractivity contribution in [3.05, 3.63) is 24.3 Å². The highest BCUT2D eigenvalue weighted by molar-refractivity contribution is 7.89. The molecule has 1 atom stereocenters. The van der Waals surface area contributed by atoms with Crippen LogP contribution >= 0.6 is 0 Å². The number of carbonyl (C=O) groups is 1. The Balaban J connectivity index is 2.83. The Kier molecular flexibility index (Phi) is 8.17. The van der Waals surface area contributed by atoms with E-state index in [-0.39, 0.29) is 17.2 Å². The minimum absolute atomic E-state index is 0.0323. The van der Waals surface area contributed by atoms with Crippen LogP contribution in [0.2, 0.25) is 0 Å². The summed E-state index contributed by atoms with van der Waals surface area (Å²) in [7, 11) is -3.88. The molecule has 0 aliphatic carbocycles. The number of hydrogen-bond acceptors (Lipinski definition) is 5. The summed E-state index contributed by atoms with van der Waals surface area (Å²) >= 11 is 0. The van der Waals surface area contributed by atoms with Crippen molar-refractivity contribution in [1.29, 1.82) is 0 Å². The van der Waals surface area contributed by atoms with Crippen molar-refractivity contribution in [2.24, 2.45) is 5.92 Å². The molecule has 1 rings (SSSR count). The molecule has 1 amide bonds.